The number of carbonyl (C=O) groups excluding carboxylic acids is 2. The van der Waals surface area contributed by atoms with Crippen molar-refractivity contribution in [3.05, 3.63) is 65.9 Å². The van der Waals surface area contributed by atoms with E-state index in [4.69, 9.17) is 0 Å². The van der Waals surface area contributed by atoms with Crippen LogP contribution >= 0.6 is 0 Å². The van der Waals surface area contributed by atoms with Crippen molar-refractivity contribution in [3.63, 3.8) is 0 Å². The number of carbonyl (C=O) groups is 2. The number of piperazine rings is 1. The second kappa shape index (κ2) is 10.6. The van der Waals surface area contributed by atoms with E-state index in [1.807, 2.05) is 18.2 Å². The summed E-state index contributed by atoms with van der Waals surface area (Å²) in [5.74, 6) is -0.744. The van der Waals surface area contributed by atoms with Gasteiger partial charge >= 0.3 is 0 Å². The molecule has 0 aromatic heterocycles. The zero-order chi connectivity index (χ0) is 23.2. The Labute approximate surface area is 196 Å². The number of nitrogens with zero attached hydrogens (tertiary/aromatic N) is 3. The average Bonchev–Trinajstić information content (AvgIpc) is 2.85. The maximum absolute atomic E-state index is 12.3. The number of fused-ring (bicyclic) bond motifs is 1. The third kappa shape index (κ3) is 5.43. The Morgan fingerprint density at radius 2 is 1.58 bits per heavy atom. The van der Waals surface area contributed by atoms with Crippen molar-refractivity contribution >= 4 is 28.8 Å². The highest BCUT2D eigenvalue weighted by molar-refractivity contribution is 6.31. The molecule has 2 aliphatic heterocycles. The van der Waals surface area contributed by atoms with Crippen molar-refractivity contribution in [2.75, 3.05) is 62.6 Å². The fourth-order valence-corrected chi connectivity index (χ4v) is 4.40. The first-order chi connectivity index (χ1) is 16.1. The van der Waals surface area contributed by atoms with Gasteiger partial charge in [0.05, 0.1) is 5.57 Å². The molecule has 0 atom stereocenters. The molecule has 174 valence electrons. The van der Waals surface area contributed by atoms with E-state index in [0.717, 1.165) is 58.0 Å². The number of hydrogen-bond acceptors (Lipinski definition) is 6. The van der Waals surface area contributed by atoms with E-state index >= 15 is 0 Å². The van der Waals surface area contributed by atoms with Gasteiger partial charge in [0.2, 0.25) is 0 Å². The summed E-state index contributed by atoms with van der Waals surface area (Å²) < 4.78 is 0. The normalized spacial score (nSPS) is 17.9. The summed E-state index contributed by atoms with van der Waals surface area (Å²) in [5, 5.41) is 5.61. The molecule has 7 nitrogen and oxygen atoms in total. The van der Waals surface area contributed by atoms with Gasteiger partial charge in [-0.05, 0) is 43.4 Å². The summed E-state index contributed by atoms with van der Waals surface area (Å²) in [7, 11) is 0. The minimum Gasteiger partial charge on any atom is -0.369 e. The summed E-state index contributed by atoms with van der Waals surface area (Å²) in [6.07, 6.45) is 1.67. The zero-order valence-electron chi connectivity index (χ0n) is 19.5. The first-order valence-corrected chi connectivity index (χ1v) is 11.8. The van der Waals surface area contributed by atoms with Crippen LogP contribution in [0.4, 0.5) is 11.4 Å². The standard InChI is InChI=1S/C26H33N5O2/c1-3-29(4-2)13-14-30-15-17-31(18-16-30)21-11-9-20(10-12-21)27-19-24-22-7-5-6-8-23(22)25(32)28-26(24)33/h5-12,19,27H,3-4,13-18H2,1-2H3,(H,28,32,33). The largest absolute Gasteiger partial charge is 0.369 e. The van der Waals surface area contributed by atoms with Crippen molar-refractivity contribution < 1.29 is 9.59 Å². The molecule has 2 aliphatic rings. The molecular weight excluding hydrogens is 414 g/mol. The first kappa shape index (κ1) is 23.0. The maximum atomic E-state index is 12.3. The van der Waals surface area contributed by atoms with Crippen LogP contribution in [0.15, 0.2) is 54.7 Å². The predicted molar refractivity (Wildman–Crippen MR) is 133 cm³/mol. The third-order valence-electron chi connectivity index (χ3n) is 6.55. The van der Waals surface area contributed by atoms with E-state index in [2.05, 4.69) is 51.3 Å². The monoisotopic (exact) mass is 447 g/mol. The molecule has 1 saturated heterocycles. The highest BCUT2D eigenvalue weighted by Crippen LogP contribution is 2.25. The number of benzene rings is 2. The second-order valence-electron chi connectivity index (χ2n) is 8.43. The number of amides is 2. The Hall–Kier alpha value is -3.16. The number of rotatable bonds is 8. The lowest BCUT2D eigenvalue weighted by atomic mass is 9.96. The molecule has 7 heteroatoms. The molecule has 2 N–H and O–H groups in total. The molecule has 2 heterocycles. The fourth-order valence-electron chi connectivity index (χ4n) is 4.40. The lowest BCUT2D eigenvalue weighted by molar-refractivity contribution is -0.114. The lowest BCUT2D eigenvalue weighted by Gasteiger charge is -2.37. The summed E-state index contributed by atoms with van der Waals surface area (Å²) in [5.41, 5.74) is 3.72. The Balaban J connectivity index is 1.34. The first-order valence-electron chi connectivity index (χ1n) is 11.8. The summed E-state index contributed by atoms with van der Waals surface area (Å²) in [4.78, 5) is 31.8. The van der Waals surface area contributed by atoms with Crippen molar-refractivity contribution in [2.45, 2.75) is 13.8 Å². The summed E-state index contributed by atoms with van der Waals surface area (Å²) in [6, 6.07) is 15.4. The molecule has 0 saturated carbocycles. The molecule has 0 radical (unpaired) electrons. The molecule has 2 aromatic rings. The Morgan fingerprint density at radius 3 is 2.24 bits per heavy atom. The van der Waals surface area contributed by atoms with Crippen molar-refractivity contribution in [2.24, 2.45) is 0 Å². The van der Waals surface area contributed by atoms with Crippen LogP contribution in [-0.4, -0.2) is 74.0 Å². The molecule has 2 aromatic carbocycles. The van der Waals surface area contributed by atoms with Gasteiger partial charge in [-0.3, -0.25) is 19.8 Å². The van der Waals surface area contributed by atoms with Gasteiger partial charge in [0.15, 0.2) is 0 Å². The lowest BCUT2D eigenvalue weighted by Crippen LogP contribution is -2.48. The van der Waals surface area contributed by atoms with Crippen molar-refractivity contribution in [1.29, 1.82) is 0 Å². The van der Waals surface area contributed by atoms with Gasteiger partial charge in [0.1, 0.15) is 0 Å². The molecule has 0 aliphatic carbocycles. The van der Waals surface area contributed by atoms with Gasteiger partial charge in [0, 0.05) is 68.0 Å². The van der Waals surface area contributed by atoms with Crippen LogP contribution in [0.2, 0.25) is 0 Å². The van der Waals surface area contributed by atoms with Gasteiger partial charge < -0.3 is 15.1 Å². The molecule has 1 fully saturated rings. The molecule has 0 bridgehead atoms. The predicted octanol–water partition coefficient (Wildman–Crippen LogP) is 2.87. The minimum atomic E-state index is -0.387. The number of likely N-dealkylation sites (N-methyl/N-ethyl adjacent to an activating group) is 1. The zero-order valence-corrected chi connectivity index (χ0v) is 19.5. The molecule has 33 heavy (non-hydrogen) atoms. The highest BCUT2D eigenvalue weighted by Gasteiger charge is 2.26. The van der Waals surface area contributed by atoms with E-state index in [-0.39, 0.29) is 11.8 Å². The number of imide groups is 1. The van der Waals surface area contributed by atoms with Gasteiger partial charge in [-0.25, -0.2) is 0 Å². The highest BCUT2D eigenvalue weighted by atomic mass is 16.2. The minimum absolute atomic E-state index is 0.356. The van der Waals surface area contributed by atoms with Crippen LogP contribution in [0.3, 0.4) is 0 Å². The van der Waals surface area contributed by atoms with E-state index in [1.165, 1.54) is 5.69 Å². The van der Waals surface area contributed by atoms with Crippen molar-refractivity contribution in [3.8, 4) is 0 Å². The van der Waals surface area contributed by atoms with Gasteiger partial charge in [-0.1, -0.05) is 32.0 Å². The molecule has 4 rings (SSSR count). The van der Waals surface area contributed by atoms with Gasteiger partial charge in [0.25, 0.3) is 11.8 Å². The van der Waals surface area contributed by atoms with Crippen LogP contribution < -0.4 is 15.5 Å². The Bertz CT molecular complexity index is 1010. The van der Waals surface area contributed by atoms with Crippen LogP contribution in [0.1, 0.15) is 29.8 Å². The smallest absolute Gasteiger partial charge is 0.260 e. The van der Waals surface area contributed by atoms with Gasteiger partial charge in [-0.15, -0.1) is 0 Å². The summed E-state index contributed by atoms with van der Waals surface area (Å²) in [6.45, 7) is 13.2. The Morgan fingerprint density at radius 1 is 0.909 bits per heavy atom. The maximum Gasteiger partial charge on any atom is 0.260 e. The Kier molecular flexibility index (Phi) is 7.42. The van der Waals surface area contributed by atoms with Crippen LogP contribution in [0.5, 0.6) is 0 Å². The second-order valence-corrected chi connectivity index (χ2v) is 8.43. The molecule has 0 unspecified atom stereocenters. The molecular formula is C26H33N5O2. The SMILES string of the molecule is CCN(CC)CCN1CCN(c2ccc(NC=C3C(=O)NC(=O)c4ccccc43)cc2)CC1. The summed E-state index contributed by atoms with van der Waals surface area (Å²) >= 11 is 0. The molecule has 0 spiro atoms. The van der Waals surface area contributed by atoms with Crippen LogP contribution in [0.25, 0.3) is 5.57 Å². The molecule has 2 amide bonds. The topological polar surface area (TPSA) is 67.9 Å². The fraction of sp³-hybridized carbons (Fsp3) is 0.385. The third-order valence-corrected chi connectivity index (χ3v) is 6.55. The van der Waals surface area contributed by atoms with E-state index < -0.39 is 0 Å². The average molecular weight is 448 g/mol. The number of anilines is 2. The van der Waals surface area contributed by atoms with Crippen molar-refractivity contribution in [1.82, 2.24) is 15.1 Å². The van der Waals surface area contributed by atoms with E-state index in [1.54, 1.807) is 24.4 Å². The quantitative estimate of drug-likeness (QED) is 0.479. The number of hydrogen-bond donors (Lipinski definition) is 2. The van der Waals surface area contributed by atoms with Crippen LogP contribution in [0, 0.1) is 0 Å². The number of nitrogens with one attached hydrogen (secondary N) is 2. The van der Waals surface area contributed by atoms with Crippen LogP contribution in [-0.2, 0) is 4.79 Å². The van der Waals surface area contributed by atoms with E-state index in [9.17, 15) is 9.59 Å². The van der Waals surface area contributed by atoms with Gasteiger partial charge in [-0.2, -0.15) is 0 Å². The van der Waals surface area contributed by atoms with E-state index in [0.29, 0.717) is 16.7 Å².